The van der Waals surface area contributed by atoms with Gasteiger partial charge in [-0.1, -0.05) is 0 Å². The Bertz CT molecular complexity index is 462. The summed E-state index contributed by atoms with van der Waals surface area (Å²) in [7, 11) is 0. The number of hydrogen-bond acceptors (Lipinski definition) is 3. The molecule has 0 aromatic heterocycles. The number of ketones is 1. The Kier molecular flexibility index (Phi) is 4.59. The molecule has 1 N–H and O–H groups in total. The maximum atomic E-state index is 12.6. The zero-order chi connectivity index (χ0) is 13.8. The first-order chi connectivity index (χ1) is 9.13. The van der Waals surface area contributed by atoms with Crippen LogP contribution < -0.4 is 10.1 Å². The molecule has 1 saturated heterocycles. The van der Waals surface area contributed by atoms with Crippen LogP contribution in [0.3, 0.4) is 0 Å². The van der Waals surface area contributed by atoms with Crippen LogP contribution in [-0.4, -0.2) is 25.5 Å². The molecule has 1 aromatic carbocycles. The van der Waals surface area contributed by atoms with E-state index in [1.54, 1.807) is 0 Å². The van der Waals surface area contributed by atoms with Gasteiger partial charge in [0, 0.05) is 11.5 Å². The van der Waals surface area contributed by atoms with Crippen molar-refractivity contribution in [1.82, 2.24) is 5.32 Å². The molecule has 3 nitrogen and oxygen atoms in total. The van der Waals surface area contributed by atoms with Gasteiger partial charge in [-0.05, 0) is 70.0 Å². The van der Waals surface area contributed by atoms with Gasteiger partial charge < -0.3 is 10.1 Å². The number of carbonyl (C=O) groups is 1. The summed E-state index contributed by atoms with van der Waals surface area (Å²) >= 11 is 0. The van der Waals surface area contributed by atoms with Crippen LogP contribution in [0.5, 0.6) is 5.75 Å². The van der Waals surface area contributed by atoms with Crippen molar-refractivity contribution >= 4 is 5.78 Å². The predicted octanol–water partition coefficient (Wildman–Crippen LogP) is 2.88. The van der Waals surface area contributed by atoms with E-state index in [9.17, 15) is 4.79 Å². The summed E-state index contributed by atoms with van der Waals surface area (Å²) in [5.74, 6) is 1.37. The third-order valence-corrected chi connectivity index (χ3v) is 3.80. The Morgan fingerprint density at radius 1 is 1.26 bits per heavy atom. The van der Waals surface area contributed by atoms with Gasteiger partial charge in [-0.2, -0.15) is 0 Å². The molecule has 0 aliphatic carbocycles. The Balaban J connectivity index is 2.24. The Labute approximate surface area is 115 Å². The van der Waals surface area contributed by atoms with E-state index in [4.69, 9.17) is 4.74 Å². The fourth-order valence-electron chi connectivity index (χ4n) is 2.67. The Hall–Kier alpha value is -1.35. The van der Waals surface area contributed by atoms with E-state index in [1.165, 1.54) is 0 Å². The molecule has 0 radical (unpaired) electrons. The van der Waals surface area contributed by atoms with Gasteiger partial charge >= 0.3 is 0 Å². The molecule has 104 valence electrons. The number of ether oxygens (including phenoxy) is 1. The first-order valence-corrected chi connectivity index (χ1v) is 7.12. The van der Waals surface area contributed by atoms with E-state index in [-0.39, 0.29) is 5.92 Å². The van der Waals surface area contributed by atoms with Crippen LogP contribution in [0.2, 0.25) is 0 Å². The minimum atomic E-state index is 0.178. The molecule has 0 unspecified atom stereocenters. The molecule has 0 bridgehead atoms. The van der Waals surface area contributed by atoms with Crippen molar-refractivity contribution in [3.8, 4) is 5.75 Å². The number of hydrogen-bond donors (Lipinski definition) is 1. The topological polar surface area (TPSA) is 38.3 Å². The number of aryl methyl sites for hydroxylation is 2. The molecule has 0 amide bonds. The van der Waals surface area contributed by atoms with Gasteiger partial charge in [0.2, 0.25) is 0 Å². The van der Waals surface area contributed by atoms with Crippen molar-refractivity contribution in [3.63, 3.8) is 0 Å². The first-order valence-electron chi connectivity index (χ1n) is 7.12. The van der Waals surface area contributed by atoms with Crippen molar-refractivity contribution in [2.75, 3.05) is 19.7 Å². The number of rotatable bonds is 4. The van der Waals surface area contributed by atoms with Gasteiger partial charge in [-0.15, -0.1) is 0 Å². The lowest BCUT2D eigenvalue weighted by atomic mass is 9.87. The average molecular weight is 261 g/mol. The van der Waals surface area contributed by atoms with Crippen molar-refractivity contribution < 1.29 is 9.53 Å². The van der Waals surface area contributed by atoms with Crippen molar-refractivity contribution in [3.05, 3.63) is 28.8 Å². The molecule has 3 heteroatoms. The summed E-state index contributed by atoms with van der Waals surface area (Å²) in [5, 5.41) is 3.30. The van der Waals surface area contributed by atoms with E-state index in [0.29, 0.717) is 12.4 Å². The zero-order valence-corrected chi connectivity index (χ0v) is 12.1. The molecule has 0 spiro atoms. The second-order valence-electron chi connectivity index (χ2n) is 5.25. The summed E-state index contributed by atoms with van der Waals surface area (Å²) in [6.45, 7) is 8.53. The second-order valence-corrected chi connectivity index (χ2v) is 5.25. The van der Waals surface area contributed by atoms with E-state index in [1.807, 2.05) is 32.9 Å². The summed E-state index contributed by atoms with van der Waals surface area (Å²) < 4.78 is 5.58. The highest BCUT2D eigenvalue weighted by molar-refractivity contribution is 5.99. The van der Waals surface area contributed by atoms with E-state index in [2.05, 4.69) is 5.32 Å². The average Bonchev–Trinajstić information content (AvgIpc) is 2.43. The highest BCUT2D eigenvalue weighted by Crippen LogP contribution is 2.26. The molecule has 1 aliphatic heterocycles. The summed E-state index contributed by atoms with van der Waals surface area (Å²) in [6.07, 6.45) is 1.90. The highest BCUT2D eigenvalue weighted by atomic mass is 16.5. The molecule has 0 atom stereocenters. The second kappa shape index (κ2) is 6.20. The van der Waals surface area contributed by atoms with Gasteiger partial charge in [0.1, 0.15) is 5.75 Å². The van der Waals surface area contributed by atoms with Crippen molar-refractivity contribution in [2.45, 2.75) is 33.6 Å². The predicted molar refractivity (Wildman–Crippen MR) is 77.0 cm³/mol. The molecule has 1 fully saturated rings. The van der Waals surface area contributed by atoms with Gasteiger partial charge in [0.25, 0.3) is 0 Å². The molecule has 0 saturated carbocycles. The SMILES string of the molecule is CCOc1cc(C)c(C(=O)C2CCNCC2)cc1C. The molecule has 2 rings (SSSR count). The fourth-order valence-corrected chi connectivity index (χ4v) is 2.67. The fraction of sp³-hybridized carbons (Fsp3) is 0.562. The Morgan fingerprint density at radius 2 is 1.95 bits per heavy atom. The lowest BCUT2D eigenvalue weighted by Gasteiger charge is -2.22. The quantitative estimate of drug-likeness (QED) is 0.847. The minimum Gasteiger partial charge on any atom is -0.494 e. The lowest BCUT2D eigenvalue weighted by molar-refractivity contribution is 0.0894. The highest BCUT2D eigenvalue weighted by Gasteiger charge is 2.24. The number of carbonyl (C=O) groups excluding carboxylic acids is 1. The third-order valence-electron chi connectivity index (χ3n) is 3.80. The summed E-state index contributed by atoms with van der Waals surface area (Å²) in [6, 6.07) is 3.98. The van der Waals surface area contributed by atoms with E-state index in [0.717, 1.165) is 48.4 Å². The van der Waals surface area contributed by atoms with Crippen LogP contribution in [-0.2, 0) is 0 Å². The third kappa shape index (κ3) is 3.16. The van der Waals surface area contributed by atoms with Gasteiger partial charge in [0.05, 0.1) is 6.61 Å². The molecule has 1 aromatic rings. The Morgan fingerprint density at radius 3 is 2.58 bits per heavy atom. The maximum Gasteiger partial charge on any atom is 0.166 e. The number of benzene rings is 1. The van der Waals surface area contributed by atoms with Crippen LogP contribution >= 0.6 is 0 Å². The minimum absolute atomic E-state index is 0.178. The van der Waals surface area contributed by atoms with E-state index < -0.39 is 0 Å². The smallest absolute Gasteiger partial charge is 0.166 e. The largest absolute Gasteiger partial charge is 0.494 e. The molecule has 19 heavy (non-hydrogen) atoms. The molecule has 1 aliphatic rings. The normalized spacial score (nSPS) is 16.4. The number of nitrogens with one attached hydrogen (secondary N) is 1. The van der Waals surface area contributed by atoms with Crippen LogP contribution in [0.4, 0.5) is 0 Å². The molecular formula is C16H23NO2. The zero-order valence-electron chi connectivity index (χ0n) is 12.1. The number of piperidine rings is 1. The van der Waals surface area contributed by atoms with Crippen LogP contribution in [0.25, 0.3) is 0 Å². The molecular weight excluding hydrogens is 238 g/mol. The van der Waals surface area contributed by atoms with E-state index >= 15 is 0 Å². The summed E-state index contributed by atoms with van der Waals surface area (Å²) in [5.41, 5.74) is 2.94. The lowest BCUT2D eigenvalue weighted by Crippen LogP contribution is -2.32. The van der Waals surface area contributed by atoms with Crippen molar-refractivity contribution in [1.29, 1.82) is 0 Å². The van der Waals surface area contributed by atoms with Gasteiger partial charge in [-0.25, -0.2) is 0 Å². The van der Waals surface area contributed by atoms with Crippen molar-refractivity contribution in [2.24, 2.45) is 5.92 Å². The maximum absolute atomic E-state index is 12.6. The van der Waals surface area contributed by atoms with Gasteiger partial charge in [-0.3, -0.25) is 4.79 Å². The first kappa shape index (κ1) is 14.1. The summed E-state index contributed by atoms with van der Waals surface area (Å²) in [4.78, 5) is 12.6. The molecule has 1 heterocycles. The monoisotopic (exact) mass is 261 g/mol. The standard InChI is InChI=1S/C16H23NO2/c1-4-19-15-10-11(2)14(9-12(15)3)16(18)13-5-7-17-8-6-13/h9-10,13,17H,4-8H2,1-3H3. The van der Waals surface area contributed by atoms with Gasteiger partial charge in [0.15, 0.2) is 5.78 Å². The van der Waals surface area contributed by atoms with Crippen LogP contribution in [0.1, 0.15) is 41.3 Å². The number of Topliss-reactive ketones (excluding diaryl/α,β-unsaturated/α-hetero) is 1. The van der Waals surface area contributed by atoms with Crippen LogP contribution in [0.15, 0.2) is 12.1 Å². The van der Waals surface area contributed by atoms with Crippen LogP contribution in [0, 0.1) is 19.8 Å².